The number of hydrogen-bond donors (Lipinski definition) is 2. The number of carbonyl (C=O) groups excluding carboxylic acids is 1. The topological polar surface area (TPSA) is 50.4 Å². The van der Waals surface area contributed by atoms with Crippen LogP contribution in [0.15, 0.2) is 0 Å². The summed E-state index contributed by atoms with van der Waals surface area (Å²) in [5.41, 5.74) is 0.252. The summed E-state index contributed by atoms with van der Waals surface area (Å²) >= 11 is 0. The number of ether oxygens (including phenoxy) is 1. The van der Waals surface area contributed by atoms with Crippen molar-refractivity contribution in [2.75, 3.05) is 19.7 Å². The molecule has 3 aliphatic rings. The highest BCUT2D eigenvalue weighted by atomic mass is 16.5. The summed E-state index contributed by atoms with van der Waals surface area (Å²) in [7, 11) is 0. The summed E-state index contributed by atoms with van der Waals surface area (Å²) in [5.74, 6) is 0.574. The number of rotatable bonds is 2. The van der Waals surface area contributed by atoms with Gasteiger partial charge in [0.05, 0.1) is 5.60 Å². The van der Waals surface area contributed by atoms with Crippen molar-refractivity contribution in [3.8, 4) is 0 Å². The van der Waals surface area contributed by atoms with Crippen LogP contribution in [-0.4, -0.2) is 37.2 Å². The largest absolute Gasteiger partial charge is 0.375 e. The van der Waals surface area contributed by atoms with Gasteiger partial charge in [0, 0.05) is 18.6 Å². The first-order valence-corrected chi connectivity index (χ1v) is 7.66. The SMILES string of the molecule is CC1(C)CC(NC(=O)C2CC23CCNCC3)CCO1. The molecule has 2 atom stereocenters. The molecule has 0 aromatic heterocycles. The van der Waals surface area contributed by atoms with Gasteiger partial charge in [0.1, 0.15) is 0 Å². The summed E-state index contributed by atoms with van der Waals surface area (Å²) in [6, 6.07) is 0.301. The maximum atomic E-state index is 12.4. The Morgan fingerprint density at radius 1 is 1.26 bits per heavy atom. The molecular weight excluding hydrogens is 240 g/mol. The van der Waals surface area contributed by atoms with E-state index in [1.165, 1.54) is 12.8 Å². The van der Waals surface area contributed by atoms with Gasteiger partial charge in [-0.2, -0.15) is 0 Å². The standard InChI is InChI=1S/C15H26N2O2/c1-14(2)9-11(3-8-19-14)17-13(18)12-10-15(12)4-6-16-7-5-15/h11-12,16H,3-10H2,1-2H3,(H,17,18). The molecule has 4 heteroatoms. The van der Waals surface area contributed by atoms with Gasteiger partial charge in [-0.05, 0) is 64.5 Å². The van der Waals surface area contributed by atoms with E-state index in [0.717, 1.165) is 39.0 Å². The van der Waals surface area contributed by atoms with Crippen molar-refractivity contribution in [2.45, 2.75) is 57.6 Å². The molecule has 1 spiro atoms. The molecule has 1 aliphatic carbocycles. The van der Waals surface area contributed by atoms with Crippen molar-refractivity contribution in [3.63, 3.8) is 0 Å². The van der Waals surface area contributed by atoms with E-state index in [4.69, 9.17) is 4.74 Å². The quantitative estimate of drug-likeness (QED) is 0.795. The maximum absolute atomic E-state index is 12.4. The molecule has 3 fully saturated rings. The molecule has 3 rings (SSSR count). The van der Waals surface area contributed by atoms with E-state index in [-0.39, 0.29) is 11.5 Å². The normalized spacial score (nSPS) is 35.9. The molecule has 2 heterocycles. The molecule has 108 valence electrons. The average Bonchev–Trinajstić information content (AvgIpc) is 3.02. The number of hydrogen-bond acceptors (Lipinski definition) is 3. The van der Waals surface area contributed by atoms with Gasteiger partial charge in [0.15, 0.2) is 0 Å². The molecule has 0 aromatic carbocycles. The van der Waals surface area contributed by atoms with E-state index < -0.39 is 0 Å². The van der Waals surface area contributed by atoms with Crippen molar-refractivity contribution in [1.82, 2.24) is 10.6 Å². The van der Waals surface area contributed by atoms with E-state index >= 15 is 0 Å². The van der Waals surface area contributed by atoms with E-state index in [1.54, 1.807) is 0 Å². The third-order valence-electron chi connectivity index (χ3n) is 5.15. The van der Waals surface area contributed by atoms with Crippen LogP contribution >= 0.6 is 0 Å². The lowest BCUT2D eigenvalue weighted by atomic mass is 9.91. The summed E-state index contributed by atoms with van der Waals surface area (Å²) in [5, 5.41) is 6.65. The zero-order chi connectivity index (χ0) is 13.5. The predicted octanol–water partition coefficient (Wildman–Crippen LogP) is 1.45. The minimum Gasteiger partial charge on any atom is -0.375 e. The van der Waals surface area contributed by atoms with Gasteiger partial charge in [-0.25, -0.2) is 0 Å². The first-order chi connectivity index (χ1) is 9.01. The Bertz CT molecular complexity index is 361. The Morgan fingerprint density at radius 3 is 2.68 bits per heavy atom. The maximum Gasteiger partial charge on any atom is 0.223 e. The van der Waals surface area contributed by atoms with Crippen LogP contribution in [0.2, 0.25) is 0 Å². The third kappa shape index (κ3) is 2.79. The van der Waals surface area contributed by atoms with Crippen LogP contribution in [0.4, 0.5) is 0 Å². The molecular formula is C15H26N2O2. The molecule has 4 nitrogen and oxygen atoms in total. The monoisotopic (exact) mass is 266 g/mol. The molecule has 2 saturated heterocycles. The van der Waals surface area contributed by atoms with Crippen molar-refractivity contribution in [1.29, 1.82) is 0 Å². The first-order valence-electron chi connectivity index (χ1n) is 7.66. The van der Waals surface area contributed by atoms with Crippen molar-refractivity contribution in [3.05, 3.63) is 0 Å². The molecule has 1 amide bonds. The molecule has 0 aromatic rings. The van der Waals surface area contributed by atoms with Gasteiger partial charge in [-0.15, -0.1) is 0 Å². The van der Waals surface area contributed by atoms with Crippen LogP contribution in [0.5, 0.6) is 0 Å². The van der Waals surface area contributed by atoms with Crippen LogP contribution in [-0.2, 0) is 9.53 Å². The number of piperidine rings is 1. The summed E-state index contributed by atoms with van der Waals surface area (Å²) in [6.07, 6.45) is 5.33. The molecule has 0 bridgehead atoms. The number of nitrogens with one attached hydrogen (secondary N) is 2. The molecule has 2 unspecified atom stereocenters. The minimum atomic E-state index is -0.0911. The second kappa shape index (κ2) is 4.74. The molecule has 19 heavy (non-hydrogen) atoms. The van der Waals surface area contributed by atoms with Crippen LogP contribution in [0, 0.1) is 11.3 Å². The van der Waals surface area contributed by atoms with Gasteiger partial charge in [-0.3, -0.25) is 4.79 Å². The molecule has 2 aliphatic heterocycles. The zero-order valence-corrected chi connectivity index (χ0v) is 12.1. The Morgan fingerprint density at radius 2 is 2.00 bits per heavy atom. The highest BCUT2D eigenvalue weighted by Gasteiger charge is 2.57. The fourth-order valence-corrected chi connectivity index (χ4v) is 3.85. The Labute approximate surface area is 115 Å². The van der Waals surface area contributed by atoms with Crippen LogP contribution in [0.25, 0.3) is 0 Å². The van der Waals surface area contributed by atoms with Crippen molar-refractivity contribution in [2.24, 2.45) is 11.3 Å². The van der Waals surface area contributed by atoms with Gasteiger partial charge in [0.2, 0.25) is 5.91 Å². The highest BCUT2D eigenvalue weighted by Crippen LogP contribution is 2.58. The number of amides is 1. The van der Waals surface area contributed by atoms with Gasteiger partial charge < -0.3 is 15.4 Å². The average molecular weight is 266 g/mol. The molecule has 2 N–H and O–H groups in total. The lowest BCUT2D eigenvalue weighted by molar-refractivity contribution is -0.126. The second-order valence-corrected chi connectivity index (χ2v) is 7.18. The van der Waals surface area contributed by atoms with Gasteiger partial charge >= 0.3 is 0 Å². The first kappa shape index (κ1) is 13.4. The van der Waals surface area contributed by atoms with Gasteiger partial charge in [-0.1, -0.05) is 0 Å². The summed E-state index contributed by atoms with van der Waals surface area (Å²) in [4.78, 5) is 12.4. The minimum absolute atomic E-state index is 0.0911. The Hall–Kier alpha value is -0.610. The third-order valence-corrected chi connectivity index (χ3v) is 5.15. The van der Waals surface area contributed by atoms with Crippen LogP contribution in [0.1, 0.15) is 46.0 Å². The summed E-state index contributed by atoms with van der Waals surface area (Å²) < 4.78 is 5.70. The van der Waals surface area contributed by atoms with E-state index in [1.807, 2.05) is 0 Å². The Kier molecular flexibility index (Phi) is 3.34. The van der Waals surface area contributed by atoms with Crippen molar-refractivity contribution < 1.29 is 9.53 Å². The highest BCUT2D eigenvalue weighted by molar-refractivity contribution is 5.82. The fraction of sp³-hybridized carbons (Fsp3) is 0.933. The lowest BCUT2D eigenvalue weighted by Gasteiger charge is -2.36. The lowest BCUT2D eigenvalue weighted by Crippen LogP contribution is -2.46. The van der Waals surface area contributed by atoms with Crippen LogP contribution in [0.3, 0.4) is 0 Å². The zero-order valence-electron chi connectivity index (χ0n) is 12.1. The van der Waals surface area contributed by atoms with E-state index in [9.17, 15) is 4.79 Å². The van der Waals surface area contributed by atoms with Crippen molar-refractivity contribution >= 4 is 5.91 Å². The smallest absolute Gasteiger partial charge is 0.223 e. The number of carbonyl (C=O) groups is 1. The molecule has 1 saturated carbocycles. The predicted molar refractivity (Wildman–Crippen MR) is 73.8 cm³/mol. The molecule has 0 radical (unpaired) electrons. The van der Waals surface area contributed by atoms with Crippen LogP contribution < -0.4 is 10.6 Å². The summed E-state index contributed by atoms with van der Waals surface area (Å²) in [6.45, 7) is 7.13. The second-order valence-electron chi connectivity index (χ2n) is 7.18. The van der Waals surface area contributed by atoms with Gasteiger partial charge in [0.25, 0.3) is 0 Å². The van der Waals surface area contributed by atoms with E-state index in [0.29, 0.717) is 17.4 Å². The van der Waals surface area contributed by atoms with E-state index in [2.05, 4.69) is 24.5 Å². The Balaban J connectivity index is 1.52. The fourth-order valence-electron chi connectivity index (χ4n) is 3.85.